The third-order valence-corrected chi connectivity index (χ3v) is 4.26. The molecule has 1 aromatic heterocycles. The molecule has 28 heavy (non-hydrogen) atoms. The molecule has 0 fully saturated rings. The van der Waals surface area contributed by atoms with Gasteiger partial charge < -0.3 is 4.74 Å². The molecule has 0 unspecified atom stereocenters. The van der Waals surface area contributed by atoms with Gasteiger partial charge in [0.1, 0.15) is 5.75 Å². The molecule has 0 bridgehead atoms. The molecule has 0 aliphatic carbocycles. The summed E-state index contributed by atoms with van der Waals surface area (Å²) < 4.78 is 5.74. The lowest BCUT2D eigenvalue weighted by atomic mass is 10.0. The summed E-state index contributed by atoms with van der Waals surface area (Å²) in [6, 6.07) is 21.8. The van der Waals surface area contributed by atoms with E-state index in [1.807, 2.05) is 6.07 Å². The Morgan fingerprint density at radius 2 is 1.71 bits per heavy atom. The summed E-state index contributed by atoms with van der Waals surface area (Å²) >= 11 is 0. The van der Waals surface area contributed by atoms with Gasteiger partial charge in [0.05, 0.1) is 10.4 Å². The van der Waals surface area contributed by atoms with Crippen LogP contribution in [-0.2, 0) is 0 Å². The first-order chi connectivity index (χ1) is 13.6. The molecule has 0 N–H and O–H groups in total. The molecule has 0 aliphatic rings. The van der Waals surface area contributed by atoms with Gasteiger partial charge in [-0.2, -0.15) is 0 Å². The number of benzene rings is 3. The summed E-state index contributed by atoms with van der Waals surface area (Å²) in [5.41, 5.74) is 1.22. The van der Waals surface area contributed by atoms with Crippen LogP contribution in [0.1, 0.15) is 15.9 Å². The highest BCUT2D eigenvalue weighted by Gasteiger charge is 2.20. The number of hydrogen-bond acceptors (Lipinski definition) is 5. The van der Waals surface area contributed by atoms with Gasteiger partial charge in [-0.3, -0.25) is 19.9 Å². The molecule has 0 aliphatic heterocycles. The van der Waals surface area contributed by atoms with E-state index in [0.29, 0.717) is 11.3 Å². The summed E-state index contributed by atoms with van der Waals surface area (Å²) in [6.45, 7) is 0. The molecular formula is C22H14N2O4. The van der Waals surface area contributed by atoms with Gasteiger partial charge in [-0.25, -0.2) is 0 Å². The number of carbonyl (C=O) groups is 1. The van der Waals surface area contributed by atoms with Crippen molar-refractivity contribution in [2.75, 3.05) is 0 Å². The van der Waals surface area contributed by atoms with Crippen LogP contribution in [0.5, 0.6) is 11.5 Å². The Bertz CT molecular complexity index is 1190. The van der Waals surface area contributed by atoms with E-state index < -0.39 is 4.92 Å². The van der Waals surface area contributed by atoms with Gasteiger partial charge in [0.25, 0.3) is 0 Å². The van der Waals surface area contributed by atoms with E-state index in [1.165, 1.54) is 18.2 Å². The van der Waals surface area contributed by atoms with Crippen molar-refractivity contribution in [2.24, 2.45) is 0 Å². The summed E-state index contributed by atoms with van der Waals surface area (Å²) in [6.07, 6.45) is 1.69. The average molecular weight is 370 g/mol. The Morgan fingerprint density at radius 1 is 0.893 bits per heavy atom. The van der Waals surface area contributed by atoms with Crippen molar-refractivity contribution in [2.45, 2.75) is 0 Å². The Balaban J connectivity index is 1.68. The van der Waals surface area contributed by atoms with Crippen molar-refractivity contribution >= 4 is 22.4 Å². The number of hydrogen-bond donors (Lipinski definition) is 0. The number of ketones is 1. The first kappa shape index (κ1) is 17.4. The standard InChI is InChI=1S/C22H14N2O4/c25-22(15-5-2-1-3-6-15)17-8-11-21(20(14-17)24(26)27)28-18-9-10-19-16(13-18)7-4-12-23-19/h1-14H. The van der Waals surface area contributed by atoms with Gasteiger partial charge in [-0.15, -0.1) is 0 Å². The Kier molecular flexibility index (Phi) is 4.51. The van der Waals surface area contributed by atoms with Crippen LogP contribution >= 0.6 is 0 Å². The highest BCUT2D eigenvalue weighted by molar-refractivity contribution is 6.09. The number of nitro groups is 1. The van der Waals surface area contributed by atoms with Crippen LogP contribution in [0, 0.1) is 10.1 Å². The molecule has 0 spiro atoms. The highest BCUT2D eigenvalue weighted by atomic mass is 16.6. The fourth-order valence-corrected chi connectivity index (χ4v) is 2.89. The van der Waals surface area contributed by atoms with E-state index in [1.54, 1.807) is 60.8 Å². The number of pyridine rings is 1. The predicted molar refractivity (Wildman–Crippen MR) is 105 cm³/mol. The minimum Gasteiger partial charge on any atom is -0.450 e. The van der Waals surface area contributed by atoms with Crippen LogP contribution in [0.4, 0.5) is 5.69 Å². The van der Waals surface area contributed by atoms with Gasteiger partial charge in [0, 0.05) is 28.8 Å². The zero-order valence-corrected chi connectivity index (χ0v) is 14.6. The van der Waals surface area contributed by atoms with Gasteiger partial charge in [-0.1, -0.05) is 36.4 Å². The van der Waals surface area contributed by atoms with Crippen molar-refractivity contribution in [3.05, 3.63) is 106 Å². The van der Waals surface area contributed by atoms with Crippen LogP contribution in [0.15, 0.2) is 85.1 Å². The van der Waals surface area contributed by atoms with Gasteiger partial charge in [-0.05, 0) is 36.4 Å². The molecule has 0 amide bonds. The molecule has 3 aromatic carbocycles. The lowest BCUT2D eigenvalue weighted by Gasteiger charge is -2.09. The van der Waals surface area contributed by atoms with E-state index in [9.17, 15) is 14.9 Å². The van der Waals surface area contributed by atoms with Crippen molar-refractivity contribution in [1.29, 1.82) is 0 Å². The zero-order valence-electron chi connectivity index (χ0n) is 14.6. The monoisotopic (exact) mass is 370 g/mol. The van der Waals surface area contributed by atoms with E-state index in [4.69, 9.17) is 4.74 Å². The van der Waals surface area contributed by atoms with Crippen LogP contribution < -0.4 is 4.74 Å². The number of rotatable bonds is 5. The lowest BCUT2D eigenvalue weighted by molar-refractivity contribution is -0.385. The molecule has 4 rings (SSSR count). The number of carbonyl (C=O) groups excluding carboxylic acids is 1. The SMILES string of the molecule is O=C(c1ccccc1)c1ccc(Oc2ccc3ncccc3c2)c([N+](=O)[O-])c1. The van der Waals surface area contributed by atoms with Crippen molar-refractivity contribution in [3.63, 3.8) is 0 Å². The maximum absolute atomic E-state index is 12.6. The van der Waals surface area contributed by atoms with Crippen LogP contribution in [-0.4, -0.2) is 15.7 Å². The summed E-state index contributed by atoms with van der Waals surface area (Å²) in [7, 11) is 0. The van der Waals surface area contributed by atoms with E-state index in [0.717, 1.165) is 10.9 Å². The van der Waals surface area contributed by atoms with Crippen molar-refractivity contribution in [1.82, 2.24) is 4.98 Å². The molecule has 6 nitrogen and oxygen atoms in total. The van der Waals surface area contributed by atoms with Crippen molar-refractivity contribution in [3.8, 4) is 11.5 Å². The normalized spacial score (nSPS) is 10.6. The largest absolute Gasteiger partial charge is 0.450 e. The number of nitrogens with zero attached hydrogens (tertiary/aromatic N) is 2. The number of nitro benzene ring substituents is 1. The maximum atomic E-state index is 12.6. The van der Waals surface area contributed by atoms with E-state index in [-0.39, 0.29) is 22.8 Å². The molecule has 0 saturated heterocycles. The van der Waals surface area contributed by atoms with Crippen molar-refractivity contribution < 1.29 is 14.5 Å². The number of ether oxygens (including phenoxy) is 1. The molecule has 0 atom stereocenters. The minimum absolute atomic E-state index is 0.0675. The maximum Gasteiger partial charge on any atom is 0.312 e. The first-order valence-corrected chi connectivity index (χ1v) is 8.53. The summed E-state index contributed by atoms with van der Waals surface area (Å²) in [5.74, 6) is 0.232. The second-order valence-electron chi connectivity index (χ2n) is 6.09. The molecular weight excluding hydrogens is 356 g/mol. The van der Waals surface area contributed by atoms with E-state index in [2.05, 4.69) is 4.98 Å². The van der Waals surface area contributed by atoms with Crippen LogP contribution in [0.25, 0.3) is 10.9 Å². The molecule has 0 saturated carbocycles. The second kappa shape index (κ2) is 7.28. The van der Waals surface area contributed by atoms with Gasteiger partial charge in [0.15, 0.2) is 5.78 Å². The van der Waals surface area contributed by atoms with Gasteiger partial charge >= 0.3 is 5.69 Å². The van der Waals surface area contributed by atoms with E-state index >= 15 is 0 Å². The Labute approximate surface area is 160 Å². The van der Waals surface area contributed by atoms with Gasteiger partial charge in [0.2, 0.25) is 5.75 Å². The lowest BCUT2D eigenvalue weighted by Crippen LogP contribution is -2.03. The average Bonchev–Trinajstić information content (AvgIpc) is 2.74. The van der Waals surface area contributed by atoms with Crippen LogP contribution in [0.3, 0.4) is 0 Å². The highest BCUT2D eigenvalue weighted by Crippen LogP contribution is 2.33. The molecule has 4 aromatic rings. The quantitative estimate of drug-likeness (QED) is 0.275. The smallest absolute Gasteiger partial charge is 0.312 e. The second-order valence-corrected chi connectivity index (χ2v) is 6.09. The fourth-order valence-electron chi connectivity index (χ4n) is 2.89. The third kappa shape index (κ3) is 3.43. The summed E-state index contributed by atoms with van der Waals surface area (Å²) in [5, 5.41) is 12.4. The topological polar surface area (TPSA) is 82.3 Å². The molecule has 0 radical (unpaired) electrons. The minimum atomic E-state index is -0.556. The fraction of sp³-hybridized carbons (Fsp3) is 0. The van der Waals surface area contributed by atoms with Crippen LogP contribution in [0.2, 0.25) is 0 Å². The number of aromatic nitrogens is 1. The predicted octanol–water partition coefficient (Wildman–Crippen LogP) is 5.17. The Morgan fingerprint density at radius 3 is 2.50 bits per heavy atom. The molecule has 136 valence electrons. The summed E-state index contributed by atoms with van der Waals surface area (Å²) in [4.78, 5) is 27.8. The zero-order chi connectivity index (χ0) is 19.5. The molecule has 1 heterocycles. The Hall–Kier alpha value is -4.06. The third-order valence-electron chi connectivity index (χ3n) is 4.26. The molecule has 6 heteroatoms. The number of fused-ring (bicyclic) bond motifs is 1. The first-order valence-electron chi connectivity index (χ1n) is 8.53.